The number of halogens is 12. The third kappa shape index (κ3) is 19.5. The number of nitrogens with zero attached hydrogens (tertiary/aromatic N) is 4. The van der Waals surface area contributed by atoms with Gasteiger partial charge in [0.1, 0.15) is 0 Å². The first kappa shape index (κ1) is 48.1. The quantitative estimate of drug-likeness (QED) is 0.297. The van der Waals surface area contributed by atoms with E-state index in [1.165, 1.54) is 12.8 Å². The Bertz CT molecular complexity index is 1340. The summed E-state index contributed by atoms with van der Waals surface area (Å²) in [5.74, 6) is -9.68. The first-order chi connectivity index (χ1) is 24.0. The minimum Gasteiger partial charge on any atom is -0.477 e. The van der Waals surface area contributed by atoms with Gasteiger partial charge in [0.05, 0.1) is 12.3 Å². The maximum absolute atomic E-state index is 10.6. The molecule has 2 aromatic rings. The number of carboxylic acids is 4. The molecule has 13 nitrogen and oxygen atoms in total. The molecule has 1 atom stereocenters. The number of hydrogen-bond acceptors (Lipinski definition) is 9. The van der Waals surface area contributed by atoms with E-state index in [0.717, 1.165) is 44.4 Å². The van der Waals surface area contributed by atoms with Crippen LogP contribution < -0.4 is 4.74 Å². The van der Waals surface area contributed by atoms with Crippen LogP contribution in [0.3, 0.4) is 0 Å². The predicted octanol–water partition coefficient (Wildman–Crippen LogP) is 4.99. The summed E-state index contributed by atoms with van der Waals surface area (Å²) in [4.78, 5) is 49.3. The number of alkyl halides is 12. The van der Waals surface area contributed by atoms with Crippen LogP contribution in [-0.4, -0.2) is 128 Å². The zero-order valence-corrected chi connectivity index (χ0v) is 26.8. The van der Waals surface area contributed by atoms with Gasteiger partial charge in [0.25, 0.3) is 0 Å². The van der Waals surface area contributed by atoms with E-state index in [0.29, 0.717) is 11.5 Å². The zero-order chi connectivity index (χ0) is 41.4. The molecule has 0 saturated carbocycles. The molecular weight excluding hydrogens is 764 g/mol. The molecule has 4 heterocycles. The number of ether oxygens (including phenoxy) is 1. The van der Waals surface area contributed by atoms with E-state index in [2.05, 4.69) is 38.9 Å². The molecule has 25 heteroatoms. The van der Waals surface area contributed by atoms with Gasteiger partial charge in [-0.05, 0) is 50.6 Å². The lowest BCUT2D eigenvalue weighted by molar-refractivity contribution is -0.193. The number of carboxylic acid groups (broad SMARTS) is 4. The summed E-state index contributed by atoms with van der Waals surface area (Å²) in [6, 6.07) is 12.0. The topological polar surface area (TPSA) is 191 Å². The van der Waals surface area contributed by atoms with E-state index < -0.39 is 48.6 Å². The molecule has 300 valence electrons. The van der Waals surface area contributed by atoms with Crippen molar-refractivity contribution in [2.75, 3.05) is 33.3 Å². The van der Waals surface area contributed by atoms with Crippen LogP contribution in [0.25, 0.3) is 0 Å². The van der Waals surface area contributed by atoms with Crippen molar-refractivity contribution in [1.82, 2.24) is 19.8 Å². The van der Waals surface area contributed by atoms with Crippen LogP contribution in [0.15, 0.2) is 48.8 Å². The first-order valence-corrected chi connectivity index (χ1v) is 14.1. The highest BCUT2D eigenvalue weighted by Gasteiger charge is 2.49. The maximum Gasteiger partial charge on any atom is 0.490 e. The number of piperidine rings is 1. The fourth-order valence-electron chi connectivity index (χ4n) is 4.18. The van der Waals surface area contributed by atoms with Crippen molar-refractivity contribution in [1.29, 1.82) is 0 Å². The van der Waals surface area contributed by atoms with E-state index in [1.807, 2.05) is 30.5 Å². The Morgan fingerprint density at radius 3 is 1.45 bits per heavy atom. The Kier molecular flexibility index (Phi) is 18.4. The van der Waals surface area contributed by atoms with E-state index >= 15 is 0 Å². The highest BCUT2D eigenvalue weighted by Crippen LogP contribution is 2.38. The minimum atomic E-state index is -5.08. The van der Waals surface area contributed by atoms with Crippen LogP contribution in [0.1, 0.15) is 18.5 Å². The number of aromatic nitrogens is 2. The van der Waals surface area contributed by atoms with Crippen molar-refractivity contribution < 1.29 is 97.0 Å². The molecule has 2 aromatic heterocycles. The van der Waals surface area contributed by atoms with Crippen molar-refractivity contribution in [3.05, 3.63) is 54.5 Å². The molecule has 2 fully saturated rings. The van der Waals surface area contributed by atoms with E-state index in [9.17, 15) is 52.7 Å². The molecule has 4 N–H and O–H groups in total. The van der Waals surface area contributed by atoms with Gasteiger partial charge in [0.2, 0.25) is 5.88 Å². The molecule has 0 radical (unpaired) electrons. The van der Waals surface area contributed by atoms with Crippen molar-refractivity contribution in [2.24, 2.45) is 5.92 Å². The molecule has 53 heavy (non-hydrogen) atoms. The lowest BCUT2D eigenvalue weighted by Crippen LogP contribution is -2.71. The van der Waals surface area contributed by atoms with Crippen molar-refractivity contribution in [3.8, 4) is 5.88 Å². The zero-order valence-electron chi connectivity index (χ0n) is 26.8. The van der Waals surface area contributed by atoms with E-state index in [-0.39, 0.29) is 0 Å². The summed E-state index contributed by atoms with van der Waals surface area (Å²) in [5, 5.41) is 28.5. The van der Waals surface area contributed by atoms with Crippen LogP contribution in [0, 0.1) is 5.92 Å². The molecule has 0 bridgehead atoms. The molecule has 2 aliphatic rings. The number of rotatable bonds is 5. The second kappa shape index (κ2) is 20.3. The molecule has 1 spiro atoms. The number of aliphatic carboxylic acids is 4. The molecular formula is C28H30F12N4O9. The normalized spacial score (nSPS) is 17.0. The second-order valence-corrected chi connectivity index (χ2v) is 10.7. The Morgan fingerprint density at radius 2 is 1.11 bits per heavy atom. The van der Waals surface area contributed by atoms with Crippen LogP contribution >= 0.6 is 0 Å². The van der Waals surface area contributed by atoms with Crippen molar-refractivity contribution >= 4 is 23.9 Å². The smallest absolute Gasteiger partial charge is 0.477 e. The Hall–Kier alpha value is -4.94. The summed E-state index contributed by atoms with van der Waals surface area (Å²) >= 11 is 0. The van der Waals surface area contributed by atoms with Crippen LogP contribution in [0.2, 0.25) is 0 Å². The number of hydrogen-bond donors (Lipinski definition) is 4. The average molecular weight is 795 g/mol. The standard InChI is InChI=1S/C20H26N4O.4C2HF3O2/c1-23-11-8-17(14-25-19-7-3-5-10-22-19)12-20(23)15-24(16-20)13-18-6-2-4-9-21-18;4*3-2(4,5)1(6)7/h2-7,9-10,17H,8,11-16H2,1H3;4*(H,6,7). The maximum atomic E-state index is 10.6. The van der Waals surface area contributed by atoms with Gasteiger partial charge in [0.15, 0.2) is 0 Å². The summed E-state index contributed by atoms with van der Waals surface area (Å²) < 4.78 is 133. The number of carbonyl (C=O) groups is 4. The van der Waals surface area contributed by atoms with Crippen LogP contribution in [-0.2, 0) is 25.7 Å². The molecule has 2 saturated heterocycles. The number of likely N-dealkylation sites (tertiary alicyclic amines) is 2. The SMILES string of the molecule is CN1CCC(COc2ccccn2)CC12CN(Cc1ccccn1)C2.O=C(O)C(F)(F)F.O=C(O)C(F)(F)F.O=C(O)C(F)(F)F.O=C(O)C(F)(F)F. The first-order valence-electron chi connectivity index (χ1n) is 14.1. The van der Waals surface area contributed by atoms with Gasteiger partial charge in [-0.25, -0.2) is 24.2 Å². The predicted molar refractivity (Wildman–Crippen MR) is 152 cm³/mol. The summed E-state index contributed by atoms with van der Waals surface area (Å²) in [5.41, 5.74) is 1.47. The van der Waals surface area contributed by atoms with Gasteiger partial charge < -0.3 is 25.2 Å². The fourth-order valence-corrected chi connectivity index (χ4v) is 4.18. The fraction of sp³-hybridized carbons (Fsp3) is 0.500. The summed E-state index contributed by atoms with van der Waals surface area (Å²) in [6.45, 7) is 5.12. The van der Waals surface area contributed by atoms with E-state index in [1.54, 1.807) is 6.20 Å². The average Bonchev–Trinajstić information content (AvgIpc) is 3.01. The Balaban J connectivity index is 0.000000791. The Morgan fingerprint density at radius 1 is 0.717 bits per heavy atom. The molecule has 4 rings (SSSR count). The van der Waals surface area contributed by atoms with Crippen LogP contribution in [0.4, 0.5) is 52.7 Å². The van der Waals surface area contributed by atoms with Gasteiger partial charge >= 0.3 is 48.6 Å². The monoisotopic (exact) mass is 794 g/mol. The molecule has 1 unspecified atom stereocenters. The second-order valence-electron chi connectivity index (χ2n) is 10.7. The van der Waals surface area contributed by atoms with Crippen LogP contribution in [0.5, 0.6) is 5.88 Å². The number of pyridine rings is 2. The summed E-state index contributed by atoms with van der Waals surface area (Å²) in [6.07, 6.45) is -14.3. The van der Waals surface area contributed by atoms with Crippen molar-refractivity contribution in [3.63, 3.8) is 0 Å². The van der Waals surface area contributed by atoms with Gasteiger partial charge in [-0.15, -0.1) is 0 Å². The molecule has 0 aliphatic carbocycles. The summed E-state index contributed by atoms with van der Waals surface area (Å²) in [7, 11) is 2.27. The third-order valence-electron chi connectivity index (χ3n) is 6.57. The van der Waals surface area contributed by atoms with E-state index in [4.69, 9.17) is 44.3 Å². The molecule has 2 aliphatic heterocycles. The molecule has 0 aromatic carbocycles. The Labute approximate surface area is 290 Å². The molecule has 0 amide bonds. The van der Waals surface area contributed by atoms with Gasteiger partial charge in [-0.3, -0.25) is 14.8 Å². The largest absolute Gasteiger partial charge is 0.490 e. The van der Waals surface area contributed by atoms with Gasteiger partial charge in [0, 0.05) is 43.6 Å². The third-order valence-corrected chi connectivity index (χ3v) is 6.57. The highest BCUT2D eigenvalue weighted by molar-refractivity contribution is 5.74. The lowest BCUT2D eigenvalue weighted by Gasteiger charge is -2.58. The van der Waals surface area contributed by atoms with Crippen molar-refractivity contribution in [2.45, 2.75) is 49.6 Å². The van der Waals surface area contributed by atoms with Gasteiger partial charge in [-0.1, -0.05) is 12.1 Å². The highest BCUT2D eigenvalue weighted by atomic mass is 19.4. The number of likely N-dealkylation sites (N-methyl/N-ethyl adjacent to an activating group) is 1. The van der Waals surface area contributed by atoms with Gasteiger partial charge in [-0.2, -0.15) is 52.7 Å². The lowest BCUT2D eigenvalue weighted by atomic mass is 9.75. The minimum absolute atomic E-state index is 0.311.